The molecular weight excluding hydrogens is 364 g/mol. The Balaban J connectivity index is 1.43. The number of aromatic nitrogens is 2. The first-order valence-corrected chi connectivity index (χ1v) is 11.0. The molecule has 140 valence electrons. The van der Waals surface area contributed by atoms with Crippen LogP contribution in [0.2, 0.25) is 0 Å². The Morgan fingerprint density at radius 2 is 2.12 bits per heavy atom. The third kappa shape index (κ3) is 3.51. The number of thiophene rings is 1. The summed E-state index contributed by atoms with van der Waals surface area (Å²) in [5.74, 6) is 0.387. The summed E-state index contributed by atoms with van der Waals surface area (Å²) in [7, 11) is 0. The average Bonchev–Trinajstić information content (AvgIpc) is 3.29. The number of piperidine rings is 1. The topological polar surface area (TPSA) is 49.3 Å². The summed E-state index contributed by atoms with van der Waals surface area (Å²) in [6.07, 6.45) is 3.02. The molecule has 5 nitrogen and oxygen atoms in total. The molecule has 0 aliphatic carbocycles. The van der Waals surface area contributed by atoms with Gasteiger partial charge in [-0.2, -0.15) is 0 Å². The zero-order valence-corrected chi connectivity index (χ0v) is 17.3. The van der Waals surface area contributed by atoms with Gasteiger partial charge in [-0.05, 0) is 36.3 Å². The van der Waals surface area contributed by atoms with Crippen LogP contribution in [0.5, 0.6) is 0 Å². The van der Waals surface area contributed by atoms with Crippen molar-refractivity contribution in [3.8, 4) is 0 Å². The second kappa shape index (κ2) is 6.93. The first-order valence-electron chi connectivity index (χ1n) is 9.35. The number of anilines is 1. The van der Waals surface area contributed by atoms with Gasteiger partial charge >= 0.3 is 0 Å². The molecular formula is C19H26N4OS2. The highest BCUT2D eigenvalue weighted by atomic mass is 32.1. The molecule has 2 aliphatic rings. The van der Waals surface area contributed by atoms with Crippen molar-refractivity contribution in [2.75, 3.05) is 24.5 Å². The normalized spacial score (nSPS) is 21.0. The standard InChI is InChI=1S/C19H26N4OS2/c1-19(2,3)17-20-21-18(26-17)23-8-4-5-14(12-23)16(24)22-9-6-15-13(11-22)7-10-25-15/h7,10,14H,4-6,8-9,11-12H2,1-3H3. The van der Waals surface area contributed by atoms with Crippen LogP contribution in [0.25, 0.3) is 0 Å². The maximum Gasteiger partial charge on any atom is 0.227 e. The fourth-order valence-corrected chi connectivity index (χ4v) is 5.52. The van der Waals surface area contributed by atoms with Crippen molar-refractivity contribution in [1.82, 2.24) is 15.1 Å². The molecule has 0 bridgehead atoms. The molecule has 0 radical (unpaired) electrons. The van der Waals surface area contributed by atoms with Crippen molar-refractivity contribution < 1.29 is 4.79 Å². The number of fused-ring (bicyclic) bond motifs is 1. The average molecular weight is 391 g/mol. The fourth-order valence-electron chi connectivity index (χ4n) is 3.69. The van der Waals surface area contributed by atoms with E-state index in [9.17, 15) is 4.79 Å². The van der Waals surface area contributed by atoms with Crippen molar-refractivity contribution in [3.63, 3.8) is 0 Å². The summed E-state index contributed by atoms with van der Waals surface area (Å²) in [5.41, 5.74) is 1.36. The van der Waals surface area contributed by atoms with Gasteiger partial charge in [-0.25, -0.2) is 0 Å². The third-order valence-corrected chi connectivity index (χ3v) is 7.65. The SMILES string of the molecule is CC(C)(C)c1nnc(N2CCCC(C(=O)N3CCc4sccc4C3)C2)s1. The Morgan fingerprint density at radius 1 is 1.27 bits per heavy atom. The lowest BCUT2D eigenvalue weighted by Crippen LogP contribution is -2.46. The van der Waals surface area contributed by atoms with Gasteiger partial charge < -0.3 is 9.80 Å². The highest BCUT2D eigenvalue weighted by Crippen LogP contribution is 2.33. The van der Waals surface area contributed by atoms with Crippen molar-refractivity contribution >= 4 is 33.7 Å². The van der Waals surface area contributed by atoms with E-state index in [4.69, 9.17) is 0 Å². The van der Waals surface area contributed by atoms with Gasteiger partial charge in [0.25, 0.3) is 0 Å². The van der Waals surface area contributed by atoms with Crippen molar-refractivity contribution in [2.45, 2.75) is 52.0 Å². The zero-order chi connectivity index (χ0) is 18.3. The summed E-state index contributed by atoms with van der Waals surface area (Å²) in [4.78, 5) is 18.9. The number of nitrogens with zero attached hydrogens (tertiary/aromatic N) is 4. The number of carbonyl (C=O) groups is 1. The highest BCUT2D eigenvalue weighted by Gasteiger charge is 2.32. The van der Waals surface area contributed by atoms with E-state index in [1.165, 1.54) is 10.4 Å². The van der Waals surface area contributed by atoms with Crippen molar-refractivity contribution in [1.29, 1.82) is 0 Å². The van der Waals surface area contributed by atoms with Crippen molar-refractivity contribution in [3.05, 3.63) is 26.9 Å². The third-order valence-electron chi connectivity index (χ3n) is 5.22. The smallest absolute Gasteiger partial charge is 0.227 e. The molecule has 26 heavy (non-hydrogen) atoms. The molecule has 0 aromatic carbocycles. The van der Waals surface area contributed by atoms with Crippen LogP contribution in [0.15, 0.2) is 11.4 Å². The first kappa shape index (κ1) is 17.9. The molecule has 1 saturated heterocycles. The molecule has 7 heteroatoms. The van der Waals surface area contributed by atoms with E-state index in [0.717, 1.165) is 55.6 Å². The number of carbonyl (C=O) groups excluding carboxylic acids is 1. The molecule has 2 aromatic heterocycles. The van der Waals surface area contributed by atoms with E-state index in [-0.39, 0.29) is 11.3 Å². The summed E-state index contributed by atoms with van der Waals surface area (Å²) < 4.78 is 0. The van der Waals surface area contributed by atoms with E-state index in [0.29, 0.717) is 5.91 Å². The summed E-state index contributed by atoms with van der Waals surface area (Å²) in [5, 5.41) is 12.9. The Kier molecular flexibility index (Phi) is 4.77. The maximum atomic E-state index is 13.1. The number of rotatable bonds is 2. The second-order valence-electron chi connectivity index (χ2n) is 8.30. The van der Waals surface area contributed by atoms with Crippen LogP contribution in [0.4, 0.5) is 5.13 Å². The Hall–Kier alpha value is -1.47. The largest absolute Gasteiger partial charge is 0.346 e. The predicted molar refractivity (Wildman–Crippen MR) is 107 cm³/mol. The molecule has 4 rings (SSSR count). The predicted octanol–water partition coefficient (Wildman–Crippen LogP) is 3.70. The molecule has 4 heterocycles. The molecule has 1 unspecified atom stereocenters. The maximum absolute atomic E-state index is 13.1. The van der Waals surface area contributed by atoms with Gasteiger partial charge in [0.2, 0.25) is 11.0 Å². The second-order valence-corrected chi connectivity index (χ2v) is 10.3. The van der Waals surface area contributed by atoms with Gasteiger partial charge in [-0.1, -0.05) is 32.1 Å². The first-order chi connectivity index (χ1) is 12.4. The number of amides is 1. The van der Waals surface area contributed by atoms with Crippen LogP contribution in [-0.4, -0.2) is 40.6 Å². The van der Waals surface area contributed by atoms with Crippen LogP contribution in [0, 0.1) is 5.92 Å². The summed E-state index contributed by atoms with van der Waals surface area (Å²) >= 11 is 3.48. The van der Waals surface area contributed by atoms with Gasteiger partial charge in [-0.3, -0.25) is 4.79 Å². The minimum absolute atomic E-state index is 0.0208. The lowest BCUT2D eigenvalue weighted by Gasteiger charge is -2.36. The number of hydrogen-bond donors (Lipinski definition) is 0. The van der Waals surface area contributed by atoms with Gasteiger partial charge in [0, 0.05) is 36.5 Å². The van der Waals surface area contributed by atoms with E-state index in [1.54, 1.807) is 11.3 Å². The molecule has 1 amide bonds. The Morgan fingerprint density at radius 3 is 2.88 bits per heavy atom. The van der Waals surface area contributed by atoms with Crippen molar-refractivity contribution in [2.24, 2.45) is 5.92 Å². The van der Waals surface area contributed by atoms with E-state index in [1.807, 2.05) is 11.3 Å². The minimum Gasteiger partial charge on any atom is -0.346 e. The molecule has 1 atom stereocenters. The quantitative estimate of drug-likeness (QED) is 0.785. The van der Waals surface area contributed by atoms with Gasteiger partial charge in [0.1, 0.15) is 5.01 Å². The lowest BCUT2D eigenvalue weighted by molar-refractivity contribution is -0.136. The van der Waals surface area contributed by atoms with Gasteiger partial charge in [0.05, 0.1) is 5.92 Å². The molecule has 1 fully saturated rings. The summed E-state index contributed by atoms with van der Waals surface area (Å²) in [6.45, 7) is 9.86. The zero-order valence-electron chi connectivity index (χ0n) is 15.7. The van der Waals surface area contributed by atoms with Gasteiger partial charge in [0.15, 0.2) is 0 Å². The van der Waals surface area contributed by atoms with E-state index in [2.05, 4.69) is 52.2 Å². The Labute approximate surface area is 163 Å². The minimum atomic E-state index is 0.0208. The molecule has 0 saturated carbocycles. The van der Waals surface area contributed by atoms with Crippen LogP contribution in [0.3, 0.4) is 0 Å². The van der Waals surface area contributed by atoms with E-state index >= 15 is 0 Å². The lowest BCUT2D eigenvalue weighted by atomic mass is 9.95. The van der Waals surface area contributed by atoms with Crippen LogP contribution in [-0.2, 0) is 23.2 Å². The summed E-state index contributed by atoms with van der Waals surface area (Å²) in [6, 6.07) is 2.17. The highest BCUT2D eigenvalue weighted by molar-refractivity contribution is 7.15. The molecule has 2 aliphatic heterocycles. The van der Waals surface area contributed by atoms with Crippen LogP contribution < -0.4 is 4.90 Å². The molecule has 0 N–H and O–H groups in total. The van der Waals surface area contributed by atoms with Crippen LogP contribution in [0.1, 0.15) is 49.1 Å². The number of hydrogen-bond acceptors (Lipinski definition) is 6. The van der Waals surface area contributed by atoms with Crippen LogP contribution >= 0.6 is 22.7 Å². The fraction of sp³-hybridized carbons (Fsp3) is 0.632. The van der Waals surface area contributed by atoms with E-state index < -0.39 is 0 Å². The Bertz CT molecular complexity index is 792. The monoisotopic (exact) mass is 390 g/mol. The molecule has 0 spiro atoms. The molecule has 2 aromatic rings. The van der Waals surface area contributed by atoms with Gasteiger partial charge in [-0.15, -0.1) is 21.5 Å².